The van der Waals surface area contributed by atoms with Gasteiger partial charge in [-0.1, -0.05) is 24.8 Å². The minimum Gasteiger partial charge on any atom is -0.144 e. The lowest BCUT2D eigenvalue weighted by atomic mass is 10.3. The van der Waals surface area contributed by atoms with Crippen LogP contribution in [0.2, 0.25) is 0 Å². The van der Waals surface area contributed by atoms with Crippen molar-refractivity contribution in [2.75, 3.05) is 0 Å². The van der Waals surface area contributed by atoms with Crippen LogP contribution >= 0.6 is 12.6 Å². The molecule has 0 heterocycles. The van der Waals surface area contributed by atoms with E-state index in [1.54, 1.807) is 0 Å². The van der Waals surface area contributed by atoms with Gasteiger partial charge in [0, 0.05) is 0 Å². The minimum atomic E-state index is 0.757. The van der Waals surface area contributed by atoms with Crippen LogP contribution in [0.1, 0.15) is 6.92 Å². The third-order valence-corrected chi connectivity index (χ3v) is 0.709. The zero-order valence-corrected chi connectivity index (χ0v) is 5.91. The number of rotatable bonds is 2. The third-order valence-electron chi connectivity index (χ3n) is 0.560. The van der Waals surface area contributed by atoms with Crippen molar-refractivity contribution in [3.05, 3.63) is 35.8 Å². The summed E-state index contributed by atoms with van der Waals surface area (Å²) in [6.07, 6.45) is 3.68. The van der Waals surface area contributed by atoms with E-state index >= 15 is 0 Å². The first-order valence-electron chi connectivity index (χ1n) is 2.34. The molecule has 0 aliphatic carbocycles. The molecule has 0 nitrogen and oxygen atoms in total. The van der Waals surface area contributed by atoms with Crippen molar-refractivity contribution in [2.24, 2.45) is 0 Å². The van der Waals surface area contributed by atoms with Crippen LogP contribution in [0.3, 0.4) is 0 Å². The van der Waals surface area contributed by atoms with Gasteiger partial charge in [0.05, 0.1) is 0 Å². The number of allylic oxidation sites excluding steroid dienone is 3. The van der Waals surface area contributed by atoms with E-state index in [0.29, 0.717) is 0 Å². The molecule has 0 aromatic rings. The van der Waals surface area contributed by atoms with Crippen molar-refractivity contribution < 1.29 is 0 Å². The highest BCUT2D eigenvalue weighted by Gasteiger charge is 1.73. The van der Waals surface area contributed by atoms with E-state index in [9.17, 15) is 0 Å². The summed E-state index contributed by atoms with van der Waals surface area (Å²) in [7, 11) is 0. The van der Waals surface area contributed by atoms with Gasteiger partial charge in [0.25, 0.3) is 0 Å². The maximum Gasteiger partial charge on any atom is -0.00319 e. The Kier molecular flexibility index (Phi) is 3.37. The summed E-state index contributed by atoms with van der Waals surface area (Å²) in [5.41, 5.74) is 1.01. The van der Waals surface area contributed by atoms with Crippen LogP contribution < -0.4 is 0 Å². The second kappa shape index (κ2) is 3.56. The lowest BCUT2D eigenvalue weighted by Crippen LogP contribution is -1.60. The van der Waals surface area contributed by atoms with Gasteiger partial charge in [-0.15, -0.1) is 12.6 Å². The second-order valence-corrected chi connectivity index (χ2v) is 2.25. The van der Waals surface area contributed by atoms with Gasteiger partial charge < -0.3 is 0 Å². The molecular formula is C7H10S. The average molecular weight is 126 g/mol. The first kappa shape index (κ1) is 7.57. The monoisotopic (exact) mass is 126 g/mol. The summed E-state index contributed by atoms with van der Waals surface area (Å²) in [4.78, 5) is 0.757. The van der Waals surface area contributed by atoms with Crippen molar-refractivity contribution >= 4 is 12.6 Å². The van der Waals surface area contributed by atoms with Crippen molar-refractivity contribution in [1.29, 1.82) is 0 Å². The van der Waals surface area contributed by atoms with Crippen molar-refractivity contribution in [2.45, 2.75) is 6.92 Å². The number of hydrogen-bond donors (Lipinski definition) is 1. The van der Waals surface area contributed by atoms with Crippen LogP contribution in [-0.4, -0.2) is 0 Å². The molecule has 0 saturated heterocycles. The van der Waals surface area contributed by atoms with Gasteiger partial charge in [-0.25, -0.2) is 0 Å². The Bertz CT molecular complexity index is 115. The van der Waals surface area contributed by atoms with Gasteiger partial charge in [-0.2, -0.15) is 0 Å². The minimum absolute atomic E-state index is 0.757. The van der Waals surface area contributed by atoms with E-state index in [-0.39, 0.29) is 0 Å². The molecule has 0 rings (SSSR count). The van der Waals surface area contributed by atoms with E-state index in [0.717, 1.165) is 10.5 Å². The zero-order valence-electron chi connectivity index (χ0n) is 5.02. The highest BCUT2D eigenvalue weighted by molar-refractivity contribution is 7.84. The topological polar surface area (TPSA) is 0 Å². The Labute approximate surface area is 56.0 Å². The van der Waals surface area contributed by atoms with Crippen molar-refractivity contribution in [3.8, 4) is 0 Å². The Morgan fingerprint density at radius 2 is 1.88 bits per heavy atom. The zero-order chi connectivity index (χ0) is 6.57. The van der Waals surface area contributed by atoms with E-state index in [4.69, 9.17) is 0 Å². The van der Waals surface area contributed by atoms with Crippen molar-refractivity contribution in [3.63, 3.8) is 0 Å². The fourth-order valence-electron chi connectivity index (χ4n) is 0.238. The summed E-state index contributed by atoms with van der Waals surface area (Å²) in [6.45, 7) is 9.15. The molecule has 0 radical (unpaired) electrons. The van der Waals surface area contributed by atoms with E-state index < -0.39 is 0 Å². The molecule has 1 heteroatoms. The smallest absolute Gasteiger partial charge is 0.00319 e. The lowest BCUT2D eigenvalue weighted by molar-refractivity contribution is 1.56. The molecule has 0 aromatic carbocycles. The van der Waals surface area contributed by atoms with Crippen LogP contribution in [0.4, 0.5) is 0 Å². The Morgan fingerprint density at radius 1 is 1.38 bits per heavy atom. The predicted octanol–water partition coefficient (Wildman–Crippen LogP) is 2.56. The summed E-state index contributed by atoms with van der Waals surface area (Å²) in [5, 5.41) is 0. The van der Waals surface area contributed by atoms with Crippen LogP contribution in [0.5, 0.6) is 0 Å². The summed E-state index contributed by atoms with van der Waals surface area (Å²) < 4.78 is 0. The van der Waals surface area contributed by atoms with Crippen LogP contribution in [0, 0.1) is 0 Å². The second-order valence-electron chi connectivity index (χ2n) is 1.67. The highest BCUT2D eigenvalue weighted by atomic mass is 32.1. The SMILES string of the molecule is C=C(C)/C=C\C(=C)S. The molecule has 0 N–H and O–H groups in total. The normalized spacial score (nSPS) is 9.75. The molecule has 0 aliphatic heterocycles. The molecular weight excluding hydrogens is 116 g/mol. The van der Waals surface area contributed by atoms with Crippen LogP contribution in [0.25, 0.3) is 0 Å². The van der Waals surface area contributed by atoms with Gasteiger partial charge in [0.15, 0.2) is 0 Å². The van der Waals surface area contributed by atoms with Gasteiger partial charge in [0.1, 0.15) is 0 Å². The summed E-state index contributed by atoms with van der Waals surface area (Å²) >= 11 is 3.95. The average Bonchev–Trinajstić information content (AvgIpc) is 1.61. The molecule has 0 aromatic heterocycles. The maximum absolute atomic E-state index is 3.95. The van der Waals surface area contributed by atoms with Gasteiger partial charge in [-0.05, 0) is 17.9 Å². The highest BCUT2D eigenvalue weighted by Crippen LogP contribution is 1.99. The number of hydrogen-bond acceptors (Lipinski definition) is 1. The van der Waals surface area contributed by atoms with Crippen LogP contribution in [-0.2, 0) is 0 Å². The molecule has 0 spiro atoms. The van der Waals surface area contributed by atoms with Crippen LogP contribution in [0.15, 0.2) is 35.8 Å². The van der Waals surface area contributed by atoms with Crippen molar-refractivity contribution in [1.82, 2.24) is 0 Å². The molecule has 0 unspecified atom stereocenters. The first-order chi connectivity index (χ1) is 3.63. The fraction of sp³-hybridized carbons (Fsp3) is 0.143. The molecule has 0 atom stereocenters. The Hall–Kier alpha value is -0.430. The Morgan fingerprint density at radius 3 is 2.00 bits per heavy atom. The number of thiol groups is 1. The predicted molar refractivity (Wildman–Crippen MR) is 42.1 cm³/mol. The first-order valence-corrected chi connectivity index (χ1v) is 2.79. The van der Waals surface area contributed by atoms with E-state index in [1.807, 2.05) is 19.1 Å². The Balaban J connectivity index is 3.67. The molecule has 0 fully saturated rings. The standard InChI is InChI=1S/C7H10S/c1-6(2)4-5-7(3)8/h4-5,8H,1,3H2,2H3/b5-4-. The van der Waals surface area contributed by atoms with Gasteiger partial charge >= 0.3 is 0 Å². The molecule has 8 heavy (non-hydrogen) atoms. The lowest BCUT2D eigenvalue weighted by Gasteiger charge is -1.83. The quantitative estimate of drug-likeness (QED) is 0.426. The summed E-state index contributed by atoms with van der Waals surface area (Å²) in [5.74, 6) is 0. The van der Waals surface area contributed by atoms with E-state index in [2.05, 4.69) is 25.8 Å². The van der Waals surface area contributed by atoms with Gasteiger partial charge in [-0.3, -0.25) is 0 Å². The molecule has 0 saturated carbocycles. The molecule has 0 aliphatic rings. The molecule has 0 amide bonds. The maximum atomic E-state index is 3.95. The fourth-order valence-corrected chi connectivity index (χ4v) is 0.313. The molecule has 44 valence electrons. The summed E-state index contributed by atoms with van der Waals surface area (Å²) in [6, 6.07) is 0. The van der Waals surface area contributed by atoms with Gasteiger partial charge in [0.2, 0.25) is 0 Å². The largest absolute Gasteiger partial charge is 0.144 e. The molecule has 0 bridgehead atoms. The third kappa shape index (κ3) is 5.57. The van der Waals surface area contributed by atoms with E-state index in [1.165, 1.54) is 0 Å².